The van der Waals surface area contributed by atoms with Crippen LogP contribution < -0.4 is 43.0 Å². The molecule has 0 bridgehead atoms. The van der Waals surface area contributed by atoms with Crippen LogP contribution in [0.3, 0.4) is 0 Å². The highest BCUT2D eigenvalue weighted by molar-refractivity contribution is 7.97. The van der Waals surface area contributed by atoms with E-state index in [2.05, 4.69) is 182 Å². The molecule has 0 aliphatic heterocycles. The van der Waals surface area contributed by atoms with E-state index in [1.54, 1.807) is 48.5 Å². The SMILES string of the molecule is CC(C)(C)c1ccc([I+]N([I+]c2ccc(C(C)(C)C)cc2)S(=O)(=O)C(F)(F)C(F)(F)F)cc1.O=S(=O)([O-])C(F)(F)C(F)(F)C(F)(F)C(F)(F)S(=O)(=O)[O-].O=S(=O)([O-])C(F)(F)C(F)(F)C(F)(F)C(F)(F)S(=O)(=O)[O-].c1ccc([S+](c2ccccc2)c2ccccc2)cc1.c1ccc([S+](c2ccccc2)c2ccccc2)cc1. The van der Waals surface area contributed by atoms with Crippen molar-refractivity contribution in [1.82, 2.24) is 0.732 Å². The summed E-state index contributed by atoms with van der Waals surface area (Å²) in [6.07, 6.45) is -6.20. The van der Waals surface area contributed by atoms with E-state index in [0.29, 0.717) is 7.87 Å². The minimum Gasteiger partial charge on any atom is -0.743 e. The third-order valence-electron chi connectivity index (χ3n) is 14.0. The highest BCUT2D eigenvalue weighted by atomic mass is 127. The smallest absolute Gasteiger partial charge is 0.498 e. The van der Waals surface area contributed by atoms with Crippen LogP contribution in [0.2, 0.25) is 0 Å². The van der Waals surface area contributed by atoms with Gasteiger partial charge < -0.3 is 18.2 Å². The van der Waals surface area contributed by atoms with E-state index in [-0.39, 0.29) is 32.6 Å². The molecule has 0 aliphatic rings. The molecule has 0 saturated carbocycles. The van der Waals surface area contributed by atoms with Crippen molar-refractivity contribution in [3.8, 4) is 0 Å². The summed E-state index contributed by atoms with van der Waals surface area (Å²) < 4.78 is 410. The lowest BCUT2D eigenvalue weighted by atomic mass is 9.87. The summed E-state index contributed by atoms with van der Waals surface area (Å²) in [7, 11) is -36.4. The summed E-state index contributed by atoms with van der Waals surface area (Å²) in [5.74, 6) is -30.7. The van der Waals surface area contributed by atoms with Gasteiger partial charge in [0.2, 0.25) is 7.14 Å². The highest BCUT2D eigenvalue weighted by Gasteiger charge is 2.86. The van der Waals surface area contributed by atoms with E-state index in [1.807, 2.05) is 41.5 Å². The highest BCUT2D eigenvalue weighted by Crippen LogP contribution is 2.57. The fourth-order valence-electron chi connectivity index (χ4n) is 8.02. The minimum absolute atomic E-state index is 0.0146. The number of sulfonamides is 1. The van der Waals surface area contributed by atoms with Crippen molar-refractivity contribution in [3.05, 3.63) is 249 Å². The first kappa shape index (κ1) is 97.4. The second kappa shape index (κ2) is 36.0. The lowest BCUT2D eigenvalue weighted by Crippen LogP contribution is -3.89. The third-order valence-corrected chi connectivity index (χ3v) is 33.0. The van der Waals surface area contributed by atoms with Gasteiger partial charge in [0.15, 0.2) is 69.8 Å². The molecule has 15 nitrogen and oxygen atoms in total. The van der Waals surface area contributed by atoms with Crippen molar-refractivity contribution in [2.75, 3.05) is 0 Å². The summed E-state index contributed by atoms with van der Waals surface area (Å²) in [6, 6.07) is 77.7. The van der Waals surface area contributed by atoms with E-state index >= 15 is 0 Å². The van der Waals surface area contributed by atoms with Crippen LogP contribution in [-0.2, 0) is 83.1 Å². The Morgan fingerprint density at radius 2 is 0.423 bits per heavy atom. The molecule has 0 saturated heterocycles. The Morgan fingerprint density at radius 3 is 0.559 bits per heavy atom. The van der Waals surface area contributed by atoms with Crippen molar-refractivity contribution in [2.24, 2.45) is 0 Å². The molecular weight excluding hydrogens is 1910 g/mol. The van der Waals surface area contributed by atoms with Crippen molar-refractivity contribution in [1.29, 1.82) is 0 Å². The van der Waals surface area contributed by atoms with Gasteiger partial charge in [0.1, 0.15) is 0 Å². The average molecular weight is 1960 g/mol. The van der Waals surface area contributed by atoms with E-state index in [4.69, 9.17) is 0 Å². The summed E-state index contributed by atoms with van der Waals surface area (Å²) in [5, 5.41) is -35.1. The Hall–Kier alpha value is -6.00. The van der Waals surface area contributed by atoms with Crippen LogP contribution >= 0.6 is 0 Å². The molecule has 612 valence electrons. The van der Waals surface area contributed by atoms with Crippen LogP contribution in [0, 0.1) is 7.14 Å². The standard InChI is InChI=1S/C22H26F5I2NO2S.2C18H15S.2C4H2F8O6S2/c1-19(2,3)15-7-11-17(12-8-15)28-30(33(31,32)22(26,27)21(23,24)25)29-18-13-9-16(10-14-18)20(4,5)6;2*1-4-10-16(11-5-1)19(17-12-6-2-7-13-17)18-14-8-3-9-15-18;2*5-1(6,3(9,10)19(13,14)15)2(7,8)4(11,12)20(16,17)18/h7-14H,1-6H3;2*1-15H;2*(H,13,14,15)(H,16,17,18)/q+2;2*+1;;/p-4. The Morgan fingerprint density at radius 1 is 0.261 bits per heavy atom. The molecule has 0 N–H and O–H groups in total. The maximum Gasteiger partial charge on any atom is 0.498 e. The van der Waals surface area contributed by atoms with Crippen LogP contribution in [-0.4, -0.2) is 117 Å². The zero-order chi connectivity index (χ0) is 85.3. The number of nitrogens with zero attached hydrogens (tertiary/aromatic N) is 1. The van der Waals surface area contributed by atoms with Gasteiger partial charge in [0, 0.05) is 0 Å². The minimum atomic E-state index is -7.68. The van der Waals surface area contributed by atoms with E-state index in [9.17, 15) is 152 Å². The summed E-state index contributed by atoms with van der Waals surface area (Å²) in [6.45, 7) is 11.9. The van der Waals surface area contributed by atoms with E-state index < -0.39 is 150 Å². The molecule has 0 aromatic heterocycles. The van der Waals surface area contributed by atoms with Gasteiger partial charge in [-0.25, -0.2) is 33.7 Å². The van der Waals surface area contributed by atoms with E-state index in [1.165, 1.54) is 29.4 Å². The van der Waals surface area contributed by atoms with Gasteiger partial charge in [0.25, 0.3) is 0.732 Å². The van der Waals surface area contributed by atoms with Gasteiger partial charge in [-0.1, -0.05) is 175 Å². The number of benzene rings is 8. The Bertz CT molecular complexity index is 4380. The summed E-state index contributed by atoms with van der Waals surface area (Å²) in [5.41, 5.74) is 1.51. The van der Waals surface area contributed by atoms with Crippen molar-refractivity contribution >= 4 is 72.3 Å². The van der Waals surface area contributed by atoms with E-state index in [0.717, 1.165) is 11.1 Å². The number of alkyl halides is 21. The number of hydrogen-bond acceptors (Lipinski definition) is 14. The number of rotatable bonds is 22. The van der Waals surface area contributed by atoms with Gasteiger partial charge in [-0.15, -0.1) is 0 Å². The zero-order valence-corrected chi connectivity index (χ0v) is 66.7. The van der Waals surface area contributed by atoms with Gasteiger partial charge in [-0.3, -0.25) is 0 Å². The molecule has 0 spiro atoms. The second-order valence-corrected chi connectivity index (χ2v) is 44.2. The lowest BCUT2D eigenvalue weighted by Gasteiger charge is -2.37. The Kier molecular flexibility index (Phi) is 31.6. The molecular formula is C66H56F21I2NO14S7. The molecule has 8 aromatic rings. The average Bonchev–Trinajstić information content (AvgIpc) is 0.717. The maximum atomic E-state index is 14.1. The molecule has 0 heterocycles. The molecule has 0 amide bonds. The number of hydrogen-bond donors (Lipinski definition) is 0. The summed E-state index contributed by atoms with van der Waals surface area (Å²) in [4.78, 5) is 8.17. The third kappa shape index (κ3) is 22.4. The lowest BCUT2D eigenvalue weighted by molar-refractivity contribution is -1.00. The van der Waals surface area contributed by atoms with Crippen LogP contribution in [0.1, 0.15) is 52.7 Å². The van der Waals surface area contributed by atoms with Crippen LogP contribution in [0.4, 0.5) is 92.2 Å². The molecule has 8 rings (SSSR count). The monoisotopic (exact) mass is 1960 g/mol. The summed E-state index contributed by atoms with van der Waals surface area (Å²) >= 11 is -3.67. The molecule has 8 aromatic carbocycles. The quantitative estimate of drug-likeness (QED) is 0.0201. The molecule has 0 unspecified atom stereocenters. The van der Waals surface area contributed by atoms with Crippen LogP contribution in [0.25, 0.3) is 0 Å². The van der Waals surface area contributed by atoms with Crippen molar-refractivity contribution in [3.63, 3.8) is 0 Å². The van der Waals surface area contributed by atoms with Gasteiger partial charge in [-0.2, -0.15) is 101 Å². The van der Waals surface area contributed by atoms with Gasteiger partial charge >= 0.3 is 109 Å². The first-order chi connectivity index (χ1) is 50.2. The number of halogens is 23. The van der Waals surface area contributed by atoms with Crippen molar-refractivity contribution < 1.29 is 195 Å². The Balaban J connectivity index is 0.000000299. The first-order valence-electron chi connectivity index (χ1n) is 29.8. The van der Waals surface area contributed by atoms with Crippen molar-refractivity contribution in [2.45, 2.75) is 138 Å². The molecule has 0 radical (unpaired) electrons. The van der Waals surface area contributed by atoms with Crippen LogP contribution in [0.15, 0.2) is 260 Å². The fraction of sp³-hybridized carbons (Fsp3) is 0.273. The molecule has 111 heavy (non-hydrogen) atoms. The maximum absolute atomic E-state index is 14.1. The topological polar surface area (TPSA) is 266 Å². The predicted octanol–water partition coefficient (Wildman–Crippen LogP) is 10.7. The first-order valence-corrected chi connectivity index (χ1v) is 43.4. The zero-order valence-electron chi connectivity index (χ0n) is 56.7. The predicted molar refractivity (Wildman–Crippen MR) is 351 cm³/mol. The molecule has 0 fully saturated rings. The normalized spacial score (nSPS) is 13.7. The molecule has 45 heteroatoms. The van der Waals surface area contributed by atoms with Crippen LogP contribution in [0.5, 0.6) is 0 Å². The second-order valence-electron chi connectivity index (χ2n) is 24.0. The fourth-order valence-corrected chi connectivity index (χ4v) is 24.5. The van der Waals surface area contributed by atoms with Gasteiger partial charge in [0.05, 0.1) is 21.8 Å². The molecule has 0 atom stereocenters. The molecule has 0 aliphatic carbocycles. The van der Waals surface area contributed by atoms with Gasteiger partial charge in [-0.05, 0) is 119 Å². The largest absolute Gasteiger partial charge is 0.743 e. The Labute approximate surface area is 650 Å².